The van der Waals surface area contributed by atoms with Gasteiger partial charge in [0.25, 0.3) is 11.5 Å². The molecular formula is C26H26N4O3S. The first-order valence-corrected chi connectivity index (χ1v) is 12.1. The number of amides is 1. The van der Waals surface area contributed by atoms with E-state index in [2.05, 4.69) is 10.3 Å². The van der Waals surface area contributed by atoms with E-state index < -0.39 is 5.91 Å². The van der Waals surface area contributed by atoms with Gasteiger partial charge in [-0.25, -0.2) is 4.98 Å². The van der Waals surface area contributed by atoms with Gasteiger partial charge in [0.05, 0.1) is 29.0 Å². The molecule has 34 heavy (non-hydrogen) atoms. The summed E-state index contributed by atoms with van der Waals surface area (Å²) in [6.07, 6.45) is 1.76. The number of hydrogen-bond donors (Lipinski definition) is 1. The number of piperidine rings is 1. The Kier molecular flexibility index (Phi) is 5.83. The monoisotopic (exact) mass is 474 g/mol. The molecule has 0 bridgehead atoms. The van der Waals surface area contributed by atoms with E-state index in [-0.39, 0.29) is 11.1 Å². The van der Waals surface area contributed by atoms with Crippen LogP contribution in [0.25, 0.3) is 22.2 Å². The average molecular weight is 475 g/mol. The van der Waals surface area contributed by atoms with Crippen LogP contribution < -0.4 is 20.9 Å². The van der Waals surface area contributed by atoms with E-state index in [1.54, 1.807) is 25.5 Å². The molecule has 4 aromatic rings. The summed E-state index contributed by atoms with van der Waals surface area (Å²) in [5.74, 6) is 0.452. The summed E-state index contributed by atoms with van der Waals surface area (Å²) < 4.78 is 6.84. The lowest BCUT2D eigenvalue weighted by atomic mass is 9.95. The standard InChI is InChI=1S/C26H26N4O3S/c1-29-21-9-4-3-8-19(21)23(22(24(27)31)26(29)32)30-12-10-16(11-13-30)25-28-20(15-34-25)17-6-5-7-18(14-17)33-2/h3-9,14-16H,10-13H2,1-2H3,(H2,27,31). The third-order valence-corrected chi connectivity index (χ3v) is 7.58. The molecule has 3 heterocycles. The number of nitrogens with zero attached hydrogens (tertiary/aromatic N) is 3. The van der Waals surface area contributed by atoms with Crippen molar-refractivity contribution >= 4 is 33.8 Å². The Morgan fingerprint density at radius 2 is 1.91 bits per heavy atom. The van der Waals surface area contributed by atoms with Crippen molar-refractivity contribution in [2.75, 3.05) is 25.1 Å². The number of aromatic nitrogens is 2. The Bertz CT molecular complexity index is 1430. The molecule has 5 rings (SSSR count). The second kappa shape index (κ2) is 8.95. The maximum atomic E-state index is 13.0. The Morgan fingerprint density at radius 3 is 2.65 bits per heavy atom. The lowest BCUT2D eigenvalue weighted by Gasteiger charge is -2.34. The van der Waals surface area contributed by atoms with Crippen LogP contribution >= 0.6 is 11.3 Å². The Labute approximate surface area is 201 Å². The number of ether oxygens (including phenoxy) is 1. The molecule has 7 nitrogen and oxygen atoms in total. The van der Waals surface area contributed by atoms with Gasteiger partial charge in [-0.05, 0) is 31.0 Å². The predicted molar refractivity (Wildman–Crippen MR) is 136 cm³/mol. The minimum Gasteiger partial charge on any atom is -0.497 e. The van der Waals surface area contributed by atoms with E-state index in [1.807, 2.05) is 48.5 Å². The summed E-state index contributed by atoms with van der Waals surface area (Å²) in [5, 5.41) is 4.07. The van der Waals surface area contributed by atoms with Gasteiger partial charge in [0.15, 0.2) is 0 Å². The Hall–Kier alpha value is -3.65. The summed E-state index contributed by atoms with van der Waals surface area (Å²) >= 11 is 1.68. The fourth-order valence-electron chi connectivity index (χ4n) is 4.77. The van der Waals surface area contributed by atoms with E-state index in [9.17, 15) is 9.59 Å². The van der Waals surface area contributed by atoms with E-state index >= 15 is 0 Å². The van der Waals surface area contributed by atoms with Crippen molar-refractivity contribution in [3.63, 3.8) is 0 Å². The van der Waals surface area contributed by atoms with Gasteiger partial charge < -0.3 is 19.9 Å². The average Bonchev–Trinajstić information content (AvgIpc) is 3.36. The highest BCUT2D eigenvalue weighted by Gasteiger charge is 2.29. The van der Waals surface area contributed by atoms with Crippen LogP contribution in [-0.2, 0) is 7.05 Å². The van der Waals surface area contributed by atoms with Crippen molar-refractivity contribution in [2.24, 2.45) is 12.8 Å². The van der Waals surface area contributed by atoms with Gasteiger partial charge in [-0.15, -0.1) is 11.3 Å². The van der Waals surface area contributed by atoms with Gasteiger partial charge in [0, 0.05) is 42.4 Å². The maximum absolute atomic E-state index is 13.0. The number of nitrogens with two attached hydrogens (primary N) is 1. The second-order valence-corrected chi connectivity index (χ2v) is 9.42. The van der Waals surface area contributed by atoms with Crippen molar-refractivity contribution < 1.29 is 9.53 Å². The predicted octanol–water partition coefficient (Wildman–Crippen LogP) is 4.15. The second-order valence-electron chi connectivity index (χ2n) is 8.53. The zero-order valence-corrected chi connectivity index (χ0v) is 20.0. The van der Waals surface area contributed by atoms with Gasteiger partial charge in [0.1, 0.15) is 11.3 Å². The summed E-state index contributed by atoms with van der Waals surface area (Å²) in [7, 11) is 3.34. The maximum Gasteiger partial charge on any atom is 0.265 e. The fourth-order valence-corrected chi connectivity index (χ4v) is 5.77. The van der Waals surface area contributed by atoms with Crippen molar-refractivity contribution in [1.82, 2.24) is 9.55 Å². The first-order chi connectivity index (χ1) is 16.5. The van der Waals surface area contributed by atoms with Crippen LogP contribution in [-0.4, -0.2) is 35.7 Å². The molecule has 0 aliphatic carbocycles. The Morgan fingerprint density at radius 1 is 1.15 bits per heavy atom. The van der Waals surface area contributed by atoms with Crippen LogP contribution in [0.3, 0.4) is 0 Å². The molecular weight excluding hydrogens is 448 g/mol. The number of methoxy groups -OCH3 is 1. The van der Waals surface area contributed by atoms with E-state index in [0.29, 0.717) is 11.6 Å². The number of pyridine rings is 1. The lowest BCUT2D eigenvalue weighted by molar-refractivity contribution is 0.0999. The molecule has 0 unspecified atom stereocenters. The van der Waals surface area contributed by atoms with E-state index in [1.165, 1.54) is 4.57 Å². The molecule has 1 aliphatic heterocycles. The molecule has 2 aromatic heterocycles. The normalized spacial score (nSPS) is 14.5. The number of rotatable bonds is 5. The van der Waals surface area contributed by atoms with Crippen LogP contribution in [0, 0.1) is 0 Å². The van der Waals surface area contributed by atoms with Crippen LogP contribution in [0.2, 0.25) is 0 Å². The van der Waals surface area contributed by atoms with Crippen molar-refractivity contribution in [3.05, 3.63) is 74.8 Å². The first-order valence-electron chi connectivity index (χ1n) is 11.2. The highest BCUT2D eigenvalue weighted by molar-refractivity contribution is 7.10. The molecule has 2 aromatic carbocycles. The fraction of sp³-hybridized carbons (Fsp3) is 0.269. The minimum atomic E-state index is -0.689. The molecule has 174 valence electrons. The molecule has 2 N–H and O–H groups in total. The molecule has 1 amide bonds. The van der Waals surface area contributed by atoms with Crippen molar-refractivity contribution in [2.45, 2.75) is 18.8 Å². The zero-order chi connectivity index (χ0) is 23.8. The number of fused-ring (bicyclic) bond motifs is 1. The van der Waals surface area contributed by atoms with Crippen LogP contribution in [0.15, 0.2) is 58.7 Å². The SMILES string of the molecule is COc1cccc(-c2csc(C3CCN(c4c(C(N)=O)c(=O)n(C)c5ccccc45)CC3)n2)c1. The number of aryl methyl sites for hydroxylation is 1. The van der Waals surface area contributed by atoms with Crippen molar-refractivity contribution in [3.8, 4) is 17.0 Å². The number of carbonyl (C=O) groups excluding carboxylic acids is 1. The van der Waals surface area contributed by atoms with E-state index in [4.69, 9.17) is 15.5 Å². The number of anilines is 1. The molecule has 1 saturated heterocycles. The quantitative estimate of drug-likeness (QED) is 0.469. The summed E-state index contributed by atoms with van der Waals surface area (Å²) in [6.45, 7) is 1.44. The van der Waals surface area contributed by atoms with Crippen LogP contribution in [0.5, 0.6) is 5.75 Å². The molecule has 0 radical (unpaired) electrons. The summed E-state index contributed by atoms with van der Waals surface area (Å²) in [4.78, 5) is 32.3. The topological polar surface area (TPSA) is 90.5 Å². The largest absolute Gasteiger partial charge is 0.497 e. The molecule has 1 aliphatic rings. The van der Waals surface area contributed by atoms with Crippen molar-refractivity contribution in [1.29, 1.82) is 0 Å². The highest BCUT2D eigenvalue weighted by atomic mass is 32.1. The number of hydrogen-bond acceptors (Lipinski definition) is 6. The number of para-hydroxylation sites is 1. The first kappa shape index (κ1) is 22.2. The zero-order valence-electron chi connectivity index (χ0n) is 19.2. The molecule has 0 atom stereocenters. The summed E-state index contributed by atoms with van der Waals surface area (Å²) in [5.41, 5.74) is 8.83. The Balaban J connectivity index is 1.42. The van der Waals surface area contributed by atoms with Gasteiger partial charge >= 0.3 is 0 Å². The van der Waals surface area contributed by atoms with E-state index in [0.717, 1.165) is 58.8 Å². The number of benzene rings is 2. The highest BCUT2D eigenvalue weighted by Crippen LogP contribution is 2.37. The lowest BCUT2D eigenvalue weighted by Crippen LogP contribution is -2.38. The number of thiazole rings is 1. The van der Waals surface area contributed by atoms with Crippen LogP contribution in [0.4, 0.5) is 5.69 Å². The molecule has 1 fully saturated rings. The smallest absolute Gasteiger partial charge is 0.265 e. The molecule has 0 saturated carbocycles. The van der Waals surface area contributed by atoms with Gasteiger partial charge in [-0.3, -0.25) is 9.59 Å². The molecule has 8 heteroatoms. The summed E-state index contributed by atoms with van der Waals surface area (Å²) in [6, 6.07) is 15.6. The number of carbonyl (C=O) groups is 1. The van der Waals surface area contributed by atoms with Gasteiger partial charge in [-0.1, -0.05) is 30.3 Å². The van der Waals surface area contributed by atoms with Gasteiger partial charge in [0.2, 0.25) is 0 Å². The third kappa shape index (κ3) is 3.84. The van der Waals surface area contributed by atoms with Gasteiger partial charge in [-0.2, -0.15) is 0 Å². The van der Waals surface area contributed by atoms with Crippen LogP contribution in [0.1, 0.15) is 34.1 Å². The molecule has 0 spiro atoms. The number of primary amides is 1. The third-order valence-electron chi connectivity index (χ3n) is 6.57. The minimum absolute atomic E-state index is 0.0641.